The Balaban J connectivity index is 2.22. The molecule has 1 aliphatic carbocycles. The molecule has 0 bridgehead atoms. The topological polar surface area (TPSA) is 78.4 Å². The molecular weight excluding hydrogens is 232 g/mol. The van der Waals surface area contributed by atoms with E-state index in [-0.39, 0.29) is 24.4 Å². The molecule has 5 nitrogen and oxygen atoms in total. The smallest absolute Gasteiger partial charge is 0.315 e. The van der Waals surface area contributed by atoms with E-state index in [2.05, 4.69) is 17.6 Å². The van der Waals surface area contributed by atoms with Gasteiger partial charge >= 0.3 is 12.0 Å². The van der Waals surface area contributed by atoms with Crippen molar-refractivity contribution in [2.75, 3.05) is 6.54 Å². The van der Waals surface area contributed by atoms with Crippen LogP contribution in [0.2, 0.25) is 0 Å². The number of carbonyl (C=O) groups is 2. The Hall–Kier alpha value is -1.26. The maximum Gasteiger partial charge on any atom is 0.315 e. The van der Waals surface area contributed by atoms with Gasteiger partial charge in [-0.15, -0.1) is 0 Å². The maximum atomic E-state index is 11.7. The van der Waals surface area contributed by atoms with Crippen LogP contribution in [0.4, 0.5) is 4.79 Å². The number of carboxylic acid groups (broad SMARTS) is 1. The molecular formula is C13H24N2O3. The Morgan fingerprint density at radius 2 is 2.00 bits per heavy atom. The van der Waals surface area contributed by atoms with Gasteiger partial charge in [0, 0.05) is 19.0 Å². The van der Waals surface area contributed by atoms with E-state index in [4.69, 9.17) is 5.11 Å². The second-order valence-electron chi connectivity index (χ2n) is 5.43. The van der Waals surface area contributed by atoms with Crippen LogP contribution >= 0.6 is 0 Å². The van der Waals surface area contributed by atoms with Crippen LogP contribution in [0.5, 0.6) is 0 Å². The molecule has 104 valence electrons. The molecule has 1 fully saturated rings. The lowest BCUT2D eigenvalue weighted by molar-refractivity contribution is -0.137. The number of nitrogens with one attached hydrogen (secondary N) is 2. The number of rotatable bonds is 5. The van der Waals surface area contributed by atoms with E-state index < -0.39 is 5.97 Å². The lowest BCUT2D eigenvalue weighted by Crippen LogP contribution is -2.47. The van der Waals surface area contributed by atoms with Gasteiger partial charge < -0.3 is 15.7 Å². The average Bonchev–Trinajstić information content (AvgIpc) is 2.29. The number of hydrogen-bond acceptors (Lipinski definition) is 2. The van der Waals surface area contributed by atoms with Gasteiger partial charge in [-0.3, -0.25) is 4.79 Å². The fraction of sp³-hybridized carbons (Fsp3) is 0.846. The average molecular weight is 256 g/mol. The van der Waals surface area contributed by atoms with Crippen molar-refractivity contribution in [2.45, 2.75) is 52.0 Å². The fourth-order valence-electron chi connectivity index (χ4n) is 2.39. The predicted octanol–water partition coefficient (Wildman–Crippen LogP) is 1.98. The number of urea groups is 1. The standard InChI is InChI=1S/C13H24N2O3/c1-9(7-12(16)17)8-14-13(18)15-11-6-4-3-5-10(11)2/h9-11H,3-8H2,1-2H3,(H,16,17)(H2,14,15,18). The quantitative estimate of drug-likeness (QED) is 0.703. The van der Waals surface area contributed by atoms with Crippen molar-refractivity contribution in [3.05, 3.63) is 0 Å². The van der Waals surface area contributed by atoms with Gasteiger partial charge in [0.25, 0.3) is 0 Å². The van der Waals surface area contributed by atoms with Crippen molar-refractivity contribution in [3.63, 3.8) is 0 Å². The van der Waals surface area contributed by atoms with Crippen LogP contribution < -0.4 is 10.6 Å². The first-order valence-electron chi connectivity index (χ1n) is 6.75. The molecule has 0 aromatic heterocycles. The summed E-state index contributed by atoms with van der Waals surface area (Å²) in [7, 11) is 0. The second-order valence-corrected chi connectivity index (χ2v) is 5.43. The van der Waals surface area contributed by atoms with Crippen molar-refractivity contribution in [3.8, 4) is 0 Å². The van der Waals surface area contributed by atoms with Crippen molar-refractivity contribution in [1.82, 2.24) is 10.6 Å². The summed E-state index contributed by atoms with van der Waals surface area (Å²) in [6, 6.07) is 0.0829. The molecule has 1 rings (SSSR count). The molecule has 1 aliphatic rings. The van der Waals surface area contributed by atoms with Gasteiger partial charge in [0.05, 0.1) is 0 Å². The number of carboxylic acids is 1. The molecule has 3 atom stereocenters. The van der Waals surface area contributed by atoms with Crippen LogP contribution in [0.25, 0.3) is 0 Å². The van der Waals surface area contributed by atoms with Gasteiger partial charge in [-0.25, -0.2) is 4.79 Å². The zero-order chi connectivity index (χ0) is 13.5. The summed E-state index contributed by atoms with van der Waals surface area (Å²) in [6.45, 7) is 4.38. The normalized spacial score (nSPS) is 25.2. The predicted molar refractivity (Wildman–Crippen MR) is 69.4 cm³/mol. The number of carbonyl (C=O) groups excluding carboxylic acids is 1. The number of amides is 2. The van der Waals surface area contributed by atoms with Gasteiger partial charge in [0.2, 0.25) is 0 Å². The maximum absolute atomic E-state index is 11.7. The molecule has 0 saturated heterocycles. The highest BCUT2D eigenvalue weighted by Crippen LogP contribution is 2.23. The molecule has 3 unspecified atom stereocenters. The first-order chi connectivity index (χ1) is 8.49. The highest BCUT2D eigenvalue weighted by Gasteiger charge is 2.22. The highest BCUT2D eigenvalue weighted by molar-refractivity contribution is 5.74. The number of hydrogen-bond donors (Lipinski definition) is 3. The van der Waals surface area contributed by atoms with Gasteiger partial charge in [0.1, 0.15) is 0 Å². The van der Waals surface area contributed by atoms with E-state index in [0.717, 1.165) is 6.42 Å². The molecule has 0 aromatic rings. The van der Waals surface area contributed by atoms with Crippen LogP contribution in [0.3, 0.4) is 0 Å². The van der Waals surface area contributed by atoms with Crippen LogP contribution in [-0.4, -0.2) is 29.7 Å². The number of aliphatic carboxylic acids is 1. The van der Waals surface area contributed by atoms with E-state index >= 15 is 0 Å². The molecule has 0 spiro atoms. The Labute approximate surface area is 108 Å². The molecule has 5 heteroatoms. The van der Waals surface area contributed by atoms with Crippen molar-refractivity contribution >= 4 is 12.0 Å². The van der Waals surface area contributed by atoms with E-state index in [1.54, 1.807) is 0 Å². The van der Waals surface area contributed by atoms with Crippen LogP contribution in [0, 0.1) is 11.8 Å². The van der Waals surface area contributed by atoms with E-state index in [1.807, 2.05) is 6.92 Å². The minimum absolute atomic E-state index is 0.0444. The van der Waals surface area contributed by atoms with Crippen LogP contribution in [0.1, 0.15) is 46.0 Å². The molecule has 18 heavy (non-hydrogen) atoms. The Morgan fingerprint density at radius 3 is 2.61 bits per heavy atom. The molecule has 0 aromatic carbocycles. The lowest BCUT2D eigenvalue weighted by atomic mass is 9.86. The molecule has 0 aliphatic heterocycles. The van der Waals surface area contributed by atoms with Gasteiger partial charge in [-0.05, 0) is 24.7 Å². The van der Waals surface area contributed by atoms with Gasteiger partial charge in [0.15, 0.2) is 0 Å². The second kappa shape index (κ2) is 7.24. The van der Waals surface area contributed by atoms with E-state index in [0.29, 0.717) is 12.5 Å². The van der Waals surface area contributed by atoms with E-state index in [9.17, 15) is 9.59 Å². The van der Waals surface area contributed by atoms with E-state index in [1.165, 1.54) is 19.3 Å². The van der Waals surface area contributed by atoms with Crippen molar-refractivity contribution < 1.29 is 14.7 Å². The summed E-state index contributed by atoms with van der Waals surface area (Å²) in [4.78, 5) is 22.2. The molecule has 1 saturated carbocycles. The first kappa shape index (κ1) is 14.8. The Morgan fingerprint density at radius 1 is 1.33 bits per heavy atom. The Kier molecular flexibility index (Phi) is 5.95. The van der Waals surface area contributed by atoms with Gasteiger partial charge in [-0.1, -0.05) is 26.7 Å². The zero-order valence-corrected chi connectivity index (χ0v) is 11.2. The largest absolute Gasteiger partial charge is 0.481 e. The molecule has 3 N–H and O–H groups in total. The van der Waals surface area contributed by atoms with Crippen LogP contribution in [-0.2, 0) is 4.79 Å². The van der Waals surface area contributed by atoms with Crippen LogP contribution in [0.15, 0.2) is 0 Å². The summed E-state index contributed by atoms with van der Waals surface area (Å²) < 4.78 is 0. The summed E-state index contributed by atoms with van der Waals surface area (Å²) >= 11 is 0. The molecule has 0 heterocycles. The monoisotopic (exact) mass is 256 g/mol. The molecule has 2 amide bonds. The third kappa shape index (κ3) is 5.38. The third-order valence-corrected chi connectivity index (χ3v) is 3.56. The lowest BCUT2D eigenvalue weighted by Gasteiger charge is -2.29. The minimum Gasteiger partial charge on any atom is -0.481 e. The minimum atomic E-state index is -0.828. The summed E-state index contributed by atoms with van der Waals surface area (Å²) in [6.07, 6.45) is 4.71. The first-order valence-corrected chi connectivity index (χ1v) is 6.75. The summed E-state index contributed by atoms with van der Waals surface area (Å²) in [5.41, 5.74) is 0. The Bertz CT molecular complexity index is 294. The zero-order valence-electron chi connectivity index (χ0n) is 11.2. The van der Waals surface area contributed by atoms with Crippen molar-refractivity contribution in [2.24, 2.45) is 11.8 Å². The highest BCUT2D eigenvalue weighted by atomic mass is 16.4. The SMILES string of the molecule is CC(CNC(=O)NC1CCCCC1C)CC(=O)O. The van der Waals surface area contributed by atoms with Crippen molar-refractivity contribution in [1.29, 1.82) is 0 Å². The third-order valence-electron chi connectivity index (χ3n) is 3.56. The molecule has 0 radical (unpaired) electrons. The fourth-order valence-corrected chi connectivity index (χ4v) is 2.39. The summed E-state index contributed by atoms with van der Waals surface area (Å²) in [5, 5.41) is 14.3. The summed E-state index contributed by atoms with van der Waals surface area (Å²) in [5.74, 6) is -0.344. The van der Waals surface area contributed by atoms with Gasteiger partial charge in [-0.2, -0.15) is 0 Å².